The summed E-state index contributed by atoms with van der Waals surface area (Å²) in [6, 6.07) is 10.1. The van der Waals surface area contributed by atoms with E-state index >= 15 is 0 Å². The molecule has 0 spiro atoms. The smallest absolute Gasteiger partial charge is 0.371 e. The van der Waals surface area contributed by atoms with Crippen molar-refractivity contribution in [1.82, 2.24) is 0 Å². The van der Waals surface area contributed by atoms with Crippen molar-refractivity contribution in [2.45, 2.75) is 10.8 Å². The number of benzene rings is 1. The molecule has 6 heteroatoms. The maximum atomic E-state index is 11.3. The lowest BCUT2D eigenvalue weighted by atomic mass is 10.1. The van der Waals surface area contributed by atoms with Gasteiger partial charge in [-0.15, -0.1) is 0 Å². The number of esters is 1. The SMILES string of the molecule is COC(=O)c1ccc(CSc2ccc(C(=O)O)o2)cc1. The average Bonchev–Trinajstić information content (AvgIpc) is 2.94. The molecular formula is C14H12O5S. The number of carboxylic acid groups (broad SMARTS) is 1. The van der Waals surface area contributed by atoms with Crippen molar-refractivity contribution in [3.8, 4) is 0 Å². The zero-order valence-electron chi connectivity index (χ0n) is 10.7. The molecule has 104 valence electrons. The van der Waals surface area contributed by atoms with Gasteiger partial charge in [0.25, 0.3) is 0 Å². The van der Waals surface area contributed by atoms with Crippen LogP contribution in [0.2, 0.25) is 0 Å². The number of carbonyl (C=O) groups is 2. The number of ether oxygens (including phenoxy) is 1. The van der Waals surface area contributed by atoms with Gasteiger partial charge in [-0.1, -0.05) is 23.9 Å². The normalized spacial score (nSPS) is 10.2. The van der Waals surface area contributed by atoms with E-state index < -0.39 is 5.97 Å². The van der Waals surface area contributed by atoms with Crippen LogP contribution in [0.1, 0.15) is 26.5 Å². The van der Waals surface area contributed by atoms with E-state index in [9.17, 15) is 9.59 Å². The lowest BCUT2D eigenvalue weighted by molar-refractivity contribution is 0.0599. The predicted molar refractivity (Wildman–Crippen MR) is 73.0 cm³/mol. The third-order valence-electron chi connectivity index (χ3n) is 2.55. The molecular weight excluding hydrogens is 280 g/mol. The lowest BCUT2D eigenvalue weighted by Gasteiger charge is -2.02. The first kappa shape index (κ1) is 14.2. The van der Waals surface area contributed by atoms with E-state index in [0.717, 1.165) is 5.56 Å². The lowest BCUT2D eigenvalue weighted by Crippen LogP contribution is -2.00. The van der Waals surface area contributed by atoms with E-state index in [1.165, 1.54) is 24.9 Å². The topological polar surface area (TPSA) is 76.7 Å². The second kappa shape index (κ2) is 6.29. The molecule has 20 heavy (non-hydrogen) atoms. The van der Waals surface area contributed by atoms with Crippen LogP contribution in [0.15, 0.2) is 45.9 Å². The Morgan fingerprint density at radius 3 is 2.45 bits per heavy atom. The Hall–Kier alpha value is -2.21. The maximum Gasteiger partial charge on any atom is 0.371 e. The zero-order chi connectivity index (χ0) is 14.5. The largest absolute Gasteiger partial charge is 0.475 e. The van der Waals surface area contributed by atoms with Crippen molar-refractivity contribution < 1.29 is 23.8 Å². The molecule has 0 aliphatic carbocycles. The number of hydrogen-bond donors (Lipinski definition) is 1. The quantitative estimate of drug-likeness (QED) is 0.674. The Balaban J connectivity index is 1.96. The van der Waals surface area contributed by atoms with E-state index in [0.29, 0.717) is 16.4 Å². The fourth-order valence-corrected chi connectivity index (χ4v) is 2.34. The molecule has 0 fully saturated rings. The summed E-state index contributed by atoms with van der Waals surface area (Å²) in [5.41, 5.74) is 1.49. The minimum atomic E-state index is -1.08. The number of methoxy groups -OCH3 is 1. The van der Waals surface area contributed by atoms with Crippen LogP contribution < -0.4 is 0 Å². The third kappa shape index (κ3) is 3.42. The Morgan fingerprint density at radius 2 is 1.90 bits per heavy atom. The summed E-state index contributed by atoms with van der Waals surface area (Å²) < 4.78 is 9.75. The molecule has 0 radical (unpaired) electrons. The highest BCUT2D eigenvalue weighted by molar-refractivity contribution is 7.98. The van der Waals surface area contributed by atoms with Crippen molar-refractivity contribution >= 4 is 23.7 Å². The van der Waals surface area contributed by atoms with Gasteiger partial charge in [0.15, 0.2) is 5.09 Å². The Morgan fingerprint density at radius 1 is 1.20 bits per heavy atom. The van der Waals surface area contributed by atoms with Gasteiger partial charge in [0, 0.05) is 5.75 Å². The monoisotopic (exact) mass is 292 g/mol. The maximum absolute atomic E-state index is 11.3. The molecule has 0 unspecified atom stereocenters. The molecule has 2 aromatic rings. The summed E-state index contributed by atoms with van der Waals surface area (Å²) >= 11 is 1.39. The van der Waals surface area contributed by atoms with Crippen molar-refractivity contribution in [3.63, 3.8) is 0 Å². The summed E-state index contributed by atoms with van der Waals surface area (Å²) in [7, 11) is 1.34. The van der Waals surface area contributed by atoms with Crippen molar-refractivity contribution in [2.75, 3.05) is 7.11 Å². The molecule has 5 nitrogen and oxygen atoms in total. The number of furan rings is 1. The van der Waals surface area contributed by atoms with E-state index in [2.05, 4.69) is 4.74 Å². The molecule has 0 atom stereocenters. The minimum Gasteiger partial charge on any atom is -0.475 e. The predicted octanol–water partition coefficient (Wildman–Crippen LogP) is 3.06. The van der Waals surface area contributed by atoms with Gasteiger partial charge < -0.3 is 14.3 Å². The van der Waals surface area contributed by atoms with Gasteiger partial charge in [0.05, 0.1) is 12.7 Å². The van der Waals surface area contributed by atoms with Crippen LogP contribution >= 0.6 is 11.8 Å². The molecule has 1 heterocycles. The summed E-state index contributed by atoms with van der Waals surface area (Å²) in [5, 5.41) is 9.28. The number of carbonyl (C=O) groups excluding carboxylic acids is 1. The standard InChI is InChI=1S/C14H12O5S/c1-18-14(17)10-4-2-9(3-5-10)8-20-12-7-6-11(19-12)13(15)16/h2-7H,8H2,1H3,(H,15,16). The van der Waals surface area contributed by atoms with Crippen molar-refractivity contribution in [1.29, 1.82) is 0 Å². The molecule has 0 aliphatic rings. The number of carboxylic acids is 1. The molecule has 1 N–H and O–H groups in total. The van der Waals surface area contributed by atoms with Gasteiger partial charge in [-0.2, -0.15) is 0 Å². The average molecular weight is 292 g/mol. The van der Waals surface area contributed by atoms with Gasteiger partial charge in [0.1, 0.15) is 0 Å². The van der Waals surface area contributed by atoms with Crippen LogP contribution in [0.5, 0.6) is 0 Å². The van der Waals surface area contributed by atoms with Crippen LogP contribution in [0.25, 0.3) is 0 Å². The minimum absolute atomic E-state index is 0.0754. The fourth-order valence-electron chi connectivity index (χ4n) is 1.52. The van der Waals surface area contributed by atoms with Crippen LogP contribution in [0, 0.1) is 0 Å². The molecule has 2 rings (SSSR count). The zero-order valence-corrected chi connectivity index (χ0v) is 11.5. The van der Waals surface area contributed by atoms with Gasteiger partial charge in [0.2, 0.25) is 5.76 Å². The Kier molecular flexibility index (Phi) is 4.47. The summed E-state index contributed by atoms with van der Waals surface area (Å²) in [6.07, 6.45) is 0. The molecule has 0 saturated carbocycles. The Labute approximate surface area is 119 Å². The van der Waals surface area contributed by atoms with Crippen LogP contribution in [-0.2, 0) is 10.5 Å². The van der Waals surface area contributed by atoms with E-state index in [1.807, 2.05) is 12.1 Å². The second-order valence-corrected chi connectivity index (χ2v) is 4.88. The van der Waals surface area contributed by atoms with Crippen LogP contribution in [0.4, 0.5) is 0 Å². The van der Waals surface area contributed by atoms with Crippen LogP contribution in [0.3, 0.4) is 0 Å². The summed E-state index contributed by atoms with van der Waals surface area (Å²) in [6.45, 7) is 0. The van der Waals surface area contributed by atoms with Gasteiger partial charge in [-0.05, 0) is 29.8 Å². The van der Waals surface area contributed by atoms with E-state index in [-0.39, 0.29) is 11.7 Å². The number of hydrogen-bond acceptors (Lipinski definition) is 5. The molecule has 1 aromatic heterocycles. The third-order valence-corrected chi connectivity index (χ3v) is 3.53. The van der Waals surface area contributed by atoms with Gasteiger partial charge in [-0.25, -0.2) is 9.59 Å². The first-order valence-electron chi connectivity index (χ1n) is 5.73. The molecule has 0 bridgehead atoms. The molecule has 0 saturated heterocycles. The summed E-state index contributed by atoms with van der Waals surface area (Å²) in [5.74, 6) is -0.914. The highest BCUT2D eigenvalue weighted by Gasteiger charge is 2.09. The highest BCUT2D eigenvalue weighted by atomic mass is 32.2. The highest BCUT2D eigenvalue weighted by Crippen LogP contribution is 2.25. The second-order valence-electron chi connectivity index (χ2n) is 3.90. The number of aromatic carboxylic acids is 1. The van der Waals surface area contributed by atoms with Gasteiger partial charge >= 0.3 is 11.9 Å². The fraction of sp³-hybridized carbons (Fsp3) is 0.143. The van der Waals surface area contributed by atoms with Gasteiger partial charge in [-0.3, -0.25) is 0 Å². The number of thioether (sulfide) groups is 1. The van der Waals surface area contributed by atoms with Crippen molar-refractivity contribution in [3.05, 3.63) is 53.3 Å². The van der Waals surface area contributed by atoms with Crippen molar-refractivity contribution in [2.24, 2.45) is 0 Å². The van der Waals surface area contributed by atoms with Crippen LogP contribution in [-0.4, -0.2) is 24.2 Å². The molecule has 0 amide bonds. The summed E-state index contributed by atoms with van der Waals surface area (Å²) in [4.78, 5) is 21.9. The number of rotatable bonds is 5. The van der Waals surface area contributed by atoms with E-state index in [4.69, 9.17) is 9.52 Å². The Bertz CT molecular complexity index is 615. The molecule has 1 aromatic carbocycles. The first-order chi connectivity index (χ1) is 9.60. The molecule has 0 aliphatic heterocycles. The first-order valence-corrected chi connectivity index (χ1v) is 6.72. The van der Waals surface area contributed by atoms with E-state index in [1.54, 1.807) is 18.2 Å².